The summed E-state index contributed by atoms with van der Waals surface area (Å²) >= 11 is 0. The third-order valence-electron chi connectivity index (χ3n) is 4.86. The number of rotatable bonds is 6. The van der Waals surface area contributed by atoms with Crippen molar-refractivity contribution >= 4 is 10.0 Å². The van der Waals surface area contributed by atoms with Crippen molar-refractivity contribution in [1.29, 1.82) is 0 Å². The molecule has 1 fully saturated rings. The van der Waals surface area contributed by atoms with Crippen molar-refractivity contribution in [2.75, 3.05) is 19.6 Å². The average Bonchev–Trinajstić information content (AvgIpc) is 2.64. The molecule has 0 radical (unpaired) electrons. The van der Waals surface area contributed by atoms with Crippen molar-refractivity contribution < 1.29 is 12.8 Å². The number of halogens is 1. The third-order valence-corrected chi connectivity index (χ3v) is 6.29. The molecule has 26 heavy (non-hydrogen) atoms. The predicted molar refractivity (Wildman–Crippen MR) is 98.6 cm³/mol. The zero-order valence-corrected chi connectivity index (χ0v) is 15.7. The highest BCUT2D eigenvalue weighted by Gasteiger charge is 2.22. The van der Waals surface area contributed by atoms with Gasteiger partial charge in [0.1, 0.15) is 5.82 Å². The van der Waals surface area contributed by atoms with Gasteiger partial charge in [0.15, 0.2) is 0 Å². The van der Waals surface area contributed by atoms with E-state index in [0.717, 1.165) is 32.5 Å². The minimum absolute atomic E-state index is 0.117. The molecule has 0 saturated carbocycles. The second-order valence-corrected chi connectivity index (χ2v) is 8.60. The summed E-state index contributed by atoms with van der Waals surface area (Å²) in [6, 6.07) is 7.91. The molecule has 1 aliphatic rings. The van der Waals surface area contributed by atoms with Crippen LogP contribution in [0, 0.1) is 18.7 Å². The molecule has 0 unspecified atom stereocenters. The number of nitrogens with one attached hydrogen (secondary N) is 1. The minimum Gasteiger partial charge on any atom is -0.299 e. The second-order valence-electron chi connectivity index (χ2n) is 6.84. The van der Waals surface area contributed by atoms with Crippen LogP contribution in [-0.2, 0) is 16.6 Å². The van der Waals surface area contributed by atoms with E-state index in [1.807, 2.05) is 12.1 Å². The Balaban J connectivity index is 1.49. The number of sulfonamides is 1. The van der Waals surface area contributed by atoms with Crippen LogP contribution in [0.2, 0.25) is 0 Å². The van der Waals surface area contributed by atoms with E-state index in [0.29, 0.717) is 18.0 Å². The van der Waals surface area contributed by atoms with Gasteiger partial charge in [0, 0.05) is 25.5 Å². The Morgan fingerprint density at radius 2 is 1.88 bits per heavy atom. The first-order chi connectivity index (χ1) is 12.4. The van der Waals surface area contributed by atoms with Crippen molar-refractivity contribution in [2.24, 2.45) is 5.92 Å². The molecule has 140 valence electrons. The predicted octanol–water partition coefficient (Wildman–Crippen LogP) is 2.72. The van der Waals surface area contributed by atoms with Gasteiger partial charge in [0.05, 0.1) is 4.90 Å². The smallest absolute Gasteiger partial charge is 0.240 e. The largest absolute Gasteiger partial charge is 0.299 e. The van der Waals surface area contributed by atoms with E-state index in [4.69, 9.17) is 0 Å². The number of pyridine rings is 1. The standard InChI is InChI=1S/C19H24FN3O2S/c1-15-12-18(2-3-19(15)20)26(24,25)22-13-16-6-10-23(11-7-16)14-17-4-8-21-9-5-17/h2-5,8-9,12,16,22H,6-7,10-11,13-14H2,1H3. The van der Waals surface area contributed by atoms with Gasteiger partial charge in [0.25, 0.3) is 0 Å². The number of aromatic nitrogens is 1. The molecule has 1 aromatic heterocycles. The Hall–Kier alpha value is -1.83. The Morgan fingerprint density at radius 3 is 2.54 bits per heavy atom. The second kappa shape index (κ2) is 8.24. The summed E-state index contributed by atoms with van der Waals surface area (Å²) in [5, 5.41) is 0. The molecule has 0 aliphatic carbocycles. The fourth-order valence-electron chi connectivity index (χ4n) is 3.19. The lowest BCUT2D eigenvalue weighted by molar-refractivity contribution is 0.178. The lowest BCUT2D eigenvalue weighted by Gasteiger charge is -2.32. The number of nitrogens with zero attached hydrogens (tertiary/aromatic N) is 2. The number of aryl methyl sites for hydroxylation is 1. The van der Waals surface area contributed by atoms with Gasteiger partial charge in [-0.1, -0.05) is 0 Å². The monoisotopic (exact) mass is 377 g/mol. The van der Waals surface area contributed by atoms with E-state index in [2.05, 4.69) is 14.6 Å². The molecule has 1 N–H and O–H groups in total. The first-order valence-corrected chi connectivity index (χ1v) is 10.3. The highest BCUT2D eigenvalue weighted by molar-refractivity contribution is 7.89. The van der Waals surface area contributed by atoms with Crippen molar-refractivity contribution in [2.45, 2.75) is 31.2 Å². The van der Waals surface area contributed by atoms with Crippen molar-refractivity contribution in [3.63, 3.8) is 0 Å². The van der Waals surface area contributed by atoms with E-state index >= 15 is 0 Å². The summed E-state index contributed by atoms with van der Waals surface area (Å²) in [5.74, 6) is -0.0782. The zero-order valence-electron chi connectivity index (χ0n) is 14.9. The highest BCUT2D eigenvalue weighted by atomic mass is 32.2. The molecule has 0 bridgehead atoms. The van der Waals surface area contributed by atoms with Gasteiger partial charge in [-0.15, -0.1) is 0 Å². The maximum absolute atomic E-state index is 13.3. The summed E-state index contributed by atoms with van der Waals surface area (Å²) < 4.78 is 40.8. The van der Waals surface area contributed by atoms with Gasteiger partial charge < -0.3 is 0 Å². The number of likely N-dealkylation sites (tertiary alicyclic amines) is 1. The summed E-state index contributed by atoms with van der Waals surface area (Å²) in [6.07, 6.45) is 5.51. The van der Waals surface area contributed by atoms with Gasteiger partial charge in [-0.3, -0.25) is 9.88 Å². The van der Waals surface area contributed by atoms with Crippen LogP contribution in [0.15, 0.2) is 47.6 Å². The zero-order chi connectivity index (χ0) is 18.6. The van der Waals surface area contributed by atoms with Crippen LogP contribution >= 0.6 is 0 Å². The molecule has 1 aliphatic heterocycles. The molecule has 1 saturated heterocycles. The van der Waals surface area contributed by atoms with E-state index in [9.17, 15) is 12.8 Å². The van der Waals surface area contributed by atoms with E-state index in [1.54, 1.807) is 19.3 Å². The molecule has 1 aromatic carbocycles. The molecule has 2 aromatic rings. The molecule has 0 atom stereocenters. The van der Waals surface area contributed by atoms with Crippen LogP contribution in [-0.4, -0.2) is 37.9 Å². The van der Waals surface area contributed by atoms with Crippen LogP contribution in [0.25, 0.3) is 0 Å². The SMILES string of the molecule is Cc1cc(S(=O)(=O)NCC2CCN(Cc3ccncc3)CC2)ccc1F. The first kappa shape index (κ1) is 18.9. The summed E-state index contributed by atoms with van der Waals surface area (Å²) in [6.45, 7) is 4.78. The molecule has 3 rings (SSSR count). The Labute approximate surface area is 154 Å². The van der Waals surface area contributed by atoms with E-state index in [1.165, 1.54) is 23.8 Å². The van der Waals surface area contributed by atoms with Gasteiger partial charge >= 0.3 is 0 Å². The fourth-order valence-corrected chi connectivity index (χ4v) is 4.39. The van der Waals surface area contributed by atoms with Crippen LogP contribution < -0.4 is 4.72 Å². The summed E-state index contributed by atoms with van der Waals surface area (Å²) in [5.41, 5.74) is 1.57. The Morgan fingerprint density at radius 1 is 1.19 bits per heavy atom. The van der Waals surface area contributed by atoms with Gasteiger partial charge in [-0.05, 0) is 80.2 Å². The Bertz CT molecular complexity index is 835. The maximum Gasteiger partial charge on any atom is 0.240 e. The summed E-state index contributed by atoms with van der Waals surface area (Å²) in [7, 11) is -3.60. The average molecular weight is 377 g/mol. The number of hydrogen-bond donors (Lipinski definition) is 1. The topological polar surface area (TPSA) is 62.3 Å². The normalized spacial score (nSPS) is 16.7. The number of piperidine rings is 1. The minimum atomic E-state index is -3.60. The number of benzene rings is 1. The quantitative estimate of drug-likeness (QED) is 0.841. The van der Waals surface area contributed by atoms with Crippen LogP contribution in [0.5, 0.6) is 0 Å². The first-order valence-electron chi connectivity index (χ1n) is 8.81. The van der Waals surface area contributed by atoms with Crippen LogP contribution in [0.4, 0.5) is 4.39 Å². The molecule has 5 nitrogen and oxygen atoms in total. The van der Waals surface area contributed by atoms with Gasteiger partial charge in [0.2, 0.25) is 10.0 Å². The van der Waals surface area contributed by atoms with Crippen molar-refractivity contribution in [1.82, 2.24) is 14.6 Å². The molecule has 0 spiro atoms. The maximum atomic E-state index is 13.3. The number of hydrogen-bond acceptors (Lipinski definition) is 4. The molecule has 2 heterocycles. The highest BCUT2D eigenvalue weighted by Crippen LogP contribution is 2.20. The molecule has 0 amide bonds. The van der Waals surface area contributed by atoms with Crippen LogP contribution in [0.1, 0.15) is 24.0 Å². The van der Waals surface area contributed by atoms with Crippen LogP contribution in [0.3, 0.4) is 0 Å². The lowest BCUT2D eigenvalue weighted by Crippen LogP contribution is -2.38. The molecular formula is C19H24FN3O2S. The van der Waals surface area contributed by atoms with Crippen molar-refractivity contribution in [3.8, 4) is 0 Å². The van der Waals surface area contributed by atoms with Gasteiger partial charge in [-0.2, -0.15) is 0 Å². The molecule has 7 heteroatoms. The van der Waals surface area contributed by atoms with Gasteiger partial charge in [-0.25, -0.2) is 17.5 Å². The molecular weight excluding hydrogens is 353 g/mol. The summed E-state index contributed by atoms with van der Waals surface area (Å²) in [4.78, 5) is 6.52. The van der Waals surface area contributed by atoms with E-state index in [-0.39, 0.29) is 4.90 Å². The Kier molecular flexibility index (Phi) is 6.01. The third kappa shape index (κ3) is 4.87. The van der Waals surface area contributed by atoms with Crippen molar-refractivity contribution in [3.05, 3.63) is 59.7 Å². The lowest BCUT2D eigenvalue weighted by atomic mass is 9.97. The van der Waals surface area contributed by atoms with E-state index < -0.39 is 15.8 Å². The fraction of sp³-hybridized carbons (Fsp3) is 0.421.